The van der Waals surface area contributed by atoms with E-state index in [1.807, 2.05) is 19.1 Å². The molecule has 1 fully saturated rings. The molecule has 7 nitrogen and oxygen atoms in total. The van der Waals surface area contributed by atoms with Crippen molar-refractivity contribution in [1.29, 1.82) is 0 Å². The predicted octanol–water partition coefficient (Wildman–Crippen LogP) is 4.10. The number of aliphatic hydroxyl groups excluding tert-OH is 1. The van der Waals surface area contributed by atoms with Crippen molar-refractivity contribution in [3.8, 4) is 0 Å². The van der Waals surface area contributed by atoms with Crippen molar-refractivity contribution in [3.63, 3.8) is 0 Å². The van der Waals surface area contributed by atoms with E-state index in [0.29, 0.717) is 41.4 Å². The maximum atomic E-state index is 14.2. The van der Waals surface area contributed by atoms with Gasteiger partial charge in [0, 0.05) is 43.0 Å². The zero-order valence-electron chi connectivity index (χ0n) is 19.2. The van der Waals surface area contributed by atoms with Crippen LogP contribution in [0.1, 0.15) is 37.3 Å². The number of nitrogens with zero attached hydrogens (tertiary/aromatic N) is 2. The van der Waals surface area contributed by atoms with Crippen LogP contribution >= 0.6 is 11.6 Å². The van der Waals surface area contributed by atoms with E-state index >= 15 is 0 Å². The summed E-state index contributed by atoms with van der Waals surface area (Å²) in [5, 5.41) is 11.8. The van der Waals surface area contributed by atoms with Crippen LogP contribution in [0.3, 0.4) is 0 Å². The van der Waals surface area contributed by atoms with Crippen LogP contribution in [0.5, 0.6) is 0 Å². The number of para-hydroxylation sites is 1. The second kappa shape index (κ2) is 9.60. The first-order valence-corrected chi connectivity index (χ1v) is 11.7. The standard InChI is InChI=1S/C26H27ClN2O5/c1-3-4-14-28-20-9-6-5-8-19(20)26(25(28)33)21(22(30)17-10-12-18(27)13-11-17)23(31)24(32)29(26)15-7-16-34-2/h5-6,8-13,30H,3-4,7,14-16H2,1-2H3/b22-21+. The summed E-state index contributed by atoms with van der Waals surface area (Å²) >= 11 is 6.00. The molecule has 8 heteroatoms. The topological polar surface area (TPSA) is 87.2 Å². The number of unbranched alkanes of at least 4 members (excludes halogenated alkanes) is 1. The molecule has 34 heavy (non-hydrogen) atoms. The van der Waals surface area contributed by atoms with Gasteiger partial charge >= 0.3 is 0 Å². The van der Waals surface area contributed by atoms with Gasteiger partial charge in [-0.2, -0.15) is 0 Å². The Labute approximate surface area is 203 Å². The number of ketones is 1. The van der Waals surface area contributed by atoms with Crippen molar-refractivity contribution in [2.75, 3.05) is 31.7 Å². The Hall–Kier alpha value is -3.16. The third-order valence-electron chi connectivity index (χ3n) is 6.39. The van der Waals surface area contributed by atoms with Gasteiger partial charge in [-0.15, -0.1) is 0 Å². The third-order valence-corrected chi connectivity index (χ3v) is 6.64. The number of rotatable bonds is 8. The number of amides is 2. The number of fused-ring (bicyclic) bond motifs is 2. The normalized spacial score (nSPS) is 21.1. The van der Waals surface area contributed by atoms with Crippen LogP contribution in [0.15, 0.2) is 54.1 Å². The lowest BCUT2D eigenvalue weighted by Crippen LogP contribution is -2.52. The van der Waals surface area contributed by atoms with Gasteiger partial charge in [-0.05, 0) is 43.2 Å². The van der Waals surface area contributed by atoms with Crippen molar-refractivity contribution in [2.45, 2.75) is 31.7 Å². The first-order chi connectivity index (χ1) is 16.4. The molecule has 1 atom stereocenters. The molecule has 2 aliphatic rings. The number of halogens is 1. The number of anilines is 1. The highest BCUT2D eigenvalue weighted by molar-refractivity contribution is 6.50. The Kier molecular flexibility index (Phi) is 6.77. The minimum atomic E-state index is -1.74. The number of methoxy groups -OCH3 is 1. The molecule has 1 unspecified atom stereocenters. The number of likely N-dealkylation sites (tertiary alicyclic amines) is 1. The zero-order valence-corrected chi connectivity index (χ0v) is 20.0. The number of hydrogen-bond acceptors (Lipinski definition) is 5. The second-order valence-electron chi connectivity index (χ2n) is 8.40. The molecule has 0 radical (unpaired) electrons. The summed E-state index contributed by atoms with van der Waals surface area (Å²) in [5.74, 6) is -2.50. The Balaban J connectivity index is 1.99. The summed E-state index contributed by atoms with van der Waals surface area (Å²) < 4.78 is 5.15. The lowest BCUT2D eigenvalue weighted by atomic mass is 9.82. The summed E-state index contributed by atoms with van der Waals surface area (Å²) in [6.07, 6.45) is 2.05. The van der Waals surface area contributed by atoms with E-state index in [-0.39, 0.29) is 12.1 Å². The monoisotopic (exact) mass is 482 g/mol. The molecule has 1 N–H and O–H groups in total. The van der Waals surface area contributed by atoms with E-state index < -0.39 is 28.9 Å². The minimum absolute atomic E-state index is 0.123. The first kappa shape index (κ1) is 24.0. The molecule has 0 aliphatic carbocycles. The molecule has 0 saturated carbocycles. The van der Waals surface area contributed by atoms with Crippen molar-refractivity contribution in [2.24, 2.45) is 0 Å². The smallest absolute Gasteiger partial charge is 0.296 e. The van der Waals surface area contributed by atoms with Gasteiger partial charge in [0.05, 0.1) is 11.3 Å². The summed E-state index contributed by atoms with van der Waals surface area (Å²) in [6, 6.07) is 13.4. The van der Waals surface area contributed by atoms with E-state index in [0.717, 1.165) is 12.8 Å². The van der Waals surface area contributed by atoms with Crippen molar-refractivity contribution >= 4 is 40.6 Å². The number of ether oxygens (including phenoxy) is 1. The Bertz CT molecular complexity index is 1160. The molecule has 0 bridgehead atoms. The fraction of sp³-hybridized carbons (Fsp3) is 0.346. The molecule has 178 valence electrons. The van der Waals surface area contributed by atoms with Crippen LogP contribution in [0, 0.1) is 0 Å². The van der Waals surface area contributed by atoms with Crippen LogP contribution < -0.4 is 4.90 Å². The number of aliphatic hydroxyl groups is 1. The van der Waals surface area contributed by atoms with Gasteiger partial charge in [0.15, 0.2) is 5.54 Å². The van der Waals surface area contributed by atoms with Crippen LogP contribution in [0.4, 0.5) is 5.69 Å². The molecule has 4 rings (SSSR count). The van der Waals surface area contributed by atoms with Gasteiger partial charge in [-0.25, -0.2) is 0 Å². The second-order valence-corrected chi connectivity index (χ2v) is 8.84. The SMILES string of the molecule is CCCCN1C(=O)C2(/C(=C(/O)c3ccc(Cl)cc3)C(=O)C(=O)N2CCCOC)c2ccccc21. The Morgan fingerprint density at radius 2 is 1.74 bits per heavy atom. The van der Waals surface area contributed by atoms with Crippen molar-refractivity contribution in [3.05, 3.63) is 70.3 Å². The Morgan fingerprint density at radius 1 is 1.03 bits per heavy atom. The first-order valence-electron chi connectivity index (χ1n) is 11.4. The van der Waals surface area contributed by atoms with Crippen LogP contribution in [0.2, 0.25) is 5.02 Å². The van der Waals surface area contributed by atoms with E-state index in [2.05, 4.69) is 0 Å². The fourth-order valence-electron chi connectivity index (χ4n) is 4.82. The average molecular weight is 483 g/mol. The molecule has 1 spiro atoms. The van der Waals surface area contributed by atoms with E-state index in [1.165, 1.54) is 4.90 Å². The maximum absolute atomic E-state index is 14.2. The molecule has 2 heterocycles. The molecule has 2 aromatic rings. The number of carbonyl (C=O) groups excluding carboxylic acids is 3. The largest absolute Gasteiger partial charge is 0.507 e. The lowest BCUT2D eigenvalue weighted by molar-refractivity contribution is -0.143. The predicted molar refractivity (Wildman–Crippen MR) is 130 cm³/mol. The van der Waals surface area contributed by atoms with Crippen LogP contribution in [-0.2, 0) is 24.7 Å². The number of carbonyl (C=O) groups is 3. The number of Topliss-reactive ketones (excluding diaryl/α,β-unsaturated/α-hetero) is 1. The summed E-state index contributed by atoms with van der Waals surface area (Å²) in [4.78, 5) is 43.9. The van der Waals surface area contributed by atoms with Crippen molar-refractivity contribution < 1.29 is 24.2 Å². The lowest BCUT2D eigenvalue weighted by Gasteiger charge is -2.34. The molecule has 2 amide bonds. The third kappa shape index (κ3) is 3.60. The summed E-state index contributed by atoms with van der Waals surface area (Å²) in [6.45, 7) is 2.94. The van der Waals surface area contributed by atoms with Crippen LogP contribution in [0.25, 0.3) is 5.76 Å². The van der Waals surface area contributed by atoms with E-state index in [4.69, 9.17) is 16.3 Å². The van der Waals surface area contributed by atoms with Gasteiger partial charge in [-0.1, -0.05) is 43.1 Å². The summed E-state index contributed by atoms with van der Waals surface area (Å²) in [5.41, 5.74) is -0.495. The van der Waals surface area contributed by atoms with Crippen molar-refractivity contribution in [1.82, 2.24) is 4.90 Å². The van der Waals surface area contributed by atoms with Gasteiger partial charge < -0.3 is 19.6 Å². The van der Waals surface area contributed by atoms with E-state index in [9.17, 15) is 19.5 Å². The number of benzene rings is 2. The van der Waals surface area contributed by atoms with Crippen LogP contribution in [-0.4, -0.2) is 54.4 Å². The molecular weight excluding hydrogens is 456 g/mol. The molecule has 2 aliphatic heterocycles. The summed E-state index contributed by atoms with van der Waals surface area (Å²) in [7, 11) is 1.55. The average Bonchev–Trinajstić information content (AvgIpc) is 3.21. The highest BCUT2D eigenvalue weighted by Gasteiger charge is 2.66. The van der Waals surface area contributed by atoms with Gasteiger partial charge in [0.2, 0.25) is 0 Å². The molecule has 2 aromatic carbocycles. The quantitative estimate of drug-likeness (QED) is 0.265. The molecule has 0 aromatic heterocycles. The highest BCUT2D eigenvalue weighted by Crippen LogP contribution is 2.53. The van der Waals surface area contributed by atoms with Gasteiger partial charge in [-0.3, -0.25) is 14.4 Å². The number of hydrogen-bond donors (Lipinski definition) is 1. The maximum Gasteiger partial charge on any atom is 0.296 e. The molecular formula is C26H27ClN2O5. The highest BCUT2D eigenvalue weighted by atomic mass is 35.5. The fourth-order valence-corrected chi connectivity index (χ4v) is 4.95. The zero-order chi connectivity index (χ0) is 24.5. The minimum Gasteiger partial charge on any atom is -0.507 e. The van der Waals surface area contributed by atoms with Gasteiger partial charge in [0.25, 0.3) is 17.6 Å². The Morgan fingerprint density at radius 3 is 2.41 bits per heavy atom. The van der Waals surface area contributed by atoms with E-state index in [1.54, 1.807) is 48.4 Å². The molecule has 1 saturated heterocycles. The van der Waals surface area contributed by atoms with Gasteiger partial charge in [0.1, 0.15) is 5.76 Å².